The second kappa shape index (κ2) is 8.61. The summed E-state index contributed by atoms with van der Waals surface area (Å²) < 4.78 is 5.06. The molecule has 1 N–H and O–H groups in total. The molecule has 0 spiro atoms. The van der Waals surface area contributed by atoms with Crippen molar-refractivity contribution in [1.82, 2.24) is 0 Å². The van der Waals surface area contributed by atoms with E-state index in [1.807, 2.05) is 24.3 Å². The molecule has 0 aliphatic carbocycles. The van der Waals surface area contributed by atoms with Crippen molar-refractivity contribution in [1.29, 1.82) is 5.26 Å². The molecule has 0 heterocycles. The van der Waals surface area contributed by atoms with E-state index >= 15 is 0 Å². The third-order valence-corrected chi connectivity index (χ3v) is 3.89. The summed E-state index contributed by atoms with van der Waals surface area (Å²) in [5.74, 6) is 0.953. The number of ketones is 1. The summed E-state index contributed by atoms with van der Waals surface area (Å²) in [4.78, 5) is 12.7. The second-order valence-electron chi connectivity index (χ2n) is 4.49. The first kappa shape index (κ1) is 16.6. The maximum absolute atomic E-state index is 11.7. The molecule has 5 nitrogen and oxygen atoms in total. The van der Waals surface area contributed by atoms with E-state index in [1.54, 1.807) is 31.4 Å². The Balaban J connectivity index is 1.78. The first-order valence-electron chi connectivity index (χ1n) is 6.80. The minimum Gasteiger partial charge on any atom is -0.497 e. The maximum Gasteiger partial charge on any atom is 0.185 e. The van der Waals surface area contributed by atoms with Crippen molar-refractivity contribution in [3.63, 3.8) is 0 Å². The fourth-order valence-corrected chi connectivity index (χ4v) is 2.37. The Hall–Kier alpha value is -2.78. The van der Waals surface area contributed by atoms with Gasteiger partial charge in [0.2, 0.25) is 0 Å². The van der Waals surface area contributed by atoms with Gasteiger partial charge in [0.15, 0.2) is 5.78 Å². The van der Waals surface area contributed by atoms with Crippen LogP contribution in [0.15, 0.2) is 58.5 Å². The van der Waals surface area contributed by atoms with Gasteiger partial charge in [-0.25, -0.2) is 0 Å². The van der Waals surface area contributed by atoms with Crippen LogP contribution in [0.25, 0.3) is 0 Å². The lowest BCUT2D eigenvalue weighted by molar-refractivity contribution is -0.110. The van der Waals surface area contributed by atoms with Crippen LogP contribution in [-0.4, -0.2) is 24.9 Å². The van der Waals surface area contributed by atoms with E-state index in [-0.39, 0.29) is 5.78 Å². The van der Waals surface area contributed by atoms with Crippen molar-refractivity contribution >= 4 is 29.4 Å². The van der Waals surface area contributed by atoms with Crippen molar-refractivity contribution in [3.8, 4) is 11.8 Å². The molecule has 0 aromatic heterocycles. The number of hydrogen-bond acceptors (Lipinski definition) is 6. The predicted molar refractivity (Wildman–Crippen MR) is 92.0 cm³/mol. The number of carbonyl (C=O) groups excluding carboxylic acids is 1. The molecule has 116 valence electrons. The number of benzene rings is 2. The van der Waals surface area contributed by atoms with Gasteiger partial charge < -0.3 is 4.74 Å². The number of nitrogens with one attached hydrogen (secondary N) is 1. The summed E-state index contributed by atoms with van der Waals surface area (Å²) in [6.45, 7) is 0. The maximum atomic E-state index is 11.7. The van der Waals surface area contributed by atoms with Gasteiger partial charge in [-0.15, -0.1) is 11.8 Å². The highest BCUT2D eigenvalue weighted by Crippen LogP contribution is 2.18. The van der Waals surface area contributed by atoms with E-state index in [1.165, 1.54) is 18.0 Å². The van der Waals surface area contributed by atoms with Gasteiger partial charge in [-0.1, -0.05) is 0 Å². The Labute approximate surface area is 139 Å². The van der Waals surface area contributed by atoms with Crippen LogP contribution in [0.4, 0.5) is 5.69 Å². The molecule has 2 aromatic rings. The Morgan fingerprint density at radius 3 is 2.57 bits per heavy atom. The molecule has 6 heteroatoms. The lowest BCUT2D eigenvalue weighted by atomic mass is 10.2. The van der Waals surface area contributed by atoms with Gasteiger partial charge in [0, 0.05) is 4.90 Å². The fraction of sp³-hybridized carbons (Fsp3) is 0.118. The molecule has 0 amide bonds. The quantitative estimate of drug-likeness (QED) is 0.480. The van der Waals surface area contributed by atoms with E-state index in [0.717, 1.165) is 16.3 Å². The molecule has 0 atom stereocenters. The van der Waals surface area contributed by atoms with Crippen LogP contribution in [0, 0.1) is 11.3 Å². The van der Waals surface area contributed by atoms with Crippen molar-refractivity contribution in [3.05, 3.63) is 54.1 Å². The SMILES string of the molecule is COc1ccc(NN=CC(=O)CSc2ccc(C#N)cc2)cc1. The average molecular weight is 325 g/mol. The van der Waals surface area contributed by atoms with Gasteiger partial charge in [0.25, 0.3) is 0 Å². The van der Waals surface area contributed by atoms with E-state index in [2.05, 4.69) is 16.6 Å². The first-order chi connectivity index (χ1) is 11.2. The summed E-state index contributed by atoms with van der Waals surface area (Å²) >= 11 is 1.40. The summed E-state index contributed by atoms with van der Waals surface area (Å²) in [5.41, 5.74) is 4.16. The number of anilines is 1. The van der Waals surface area contributed by atoms with Gasteiger partial charge >= 0.3 is 0 Å². The van der Waals surface area contributed by atoms with Crippen molar-refractivity contribution in [2.75, 3.05) is 18.3 Å². The number of carbonyl (C=O) groups is 1. The zero-order chi connectivity index (χ0) is 16.5. The zero-order valence-electron chi connectivity index (χ0n) is 12.5. The molecule has 2 aromatic carbocycles. The molecular weight excluding hydrogens is 310 g/mol. The molecule has 0 radical (unpaired) electrons. The summed E-state index contributed by atoms with van der Waals surface area (Å²) in [6.07, 6.45) is 1.26. The highest BCUT2D eigenvalue weighted by Gasteiger charge is 2.01. The number of rotatable bonds is 7. The largest absolute Gasteiger partial charge is 0.497 e. The summed E-state index contributed by atoms with van der Waals surface area (Å²) in [7, 11) is 1.60. The third-order valence-electron chi connectivity index (χ3n) is 2.86. The molecule has 0 saturated carbocycles. The van der Waals surface area contributed by atoms with Crippen LogP contribution >= 0.6 is 11.8 Å². The molecule has 0 aliphatic heterocycles. The third kappa shape index (κ3) is 5.49. The molecule has 0 saturated heterocycles. The fourth-order valence-electron chi connectivity index (χ4n) is 1.66. The van der Waals surface area contributed by atoms with Crippen LogP contribution in [0.5, 0.6) is 5.75 Å². The number of Topliss-reactive ketones (excluding diaryl/α,β-unsaturated/α-hetero) is 1. The Morgan fingerprint density at radius 1 is 1.26 bits per heavy atom. The number of hydrazone groups is 1. The lowest BCUT2D eigenvalue weighted by Crippen LogP contribution is -2.04. The topological polar surface area (TPSA) is 74.5 Å². The summed E-state index contributed by atoms with van der Waals surface area (Å²) in [6, 6.07) is 16.4. The monoisotopic (exact) mass is 325 g/mol. The predicted octanol–water partition coefficient (Wildman–Crippen LogP) is 3.33. The van der Waals surface area contributed by atoms with E-state index in [0.29, 0.717) is 11.3 Å². The minimum atomic E-state index is -0.0969. The molecule has 0 bridgehead atoms. The van der Waals surface area contributed by atoms with Crippen LogP contribution in [-0.2, 0) is 4.79 Å². The molecule has 2 rings (SSSR count). The number of ether oxygens (including phenoxy) is 1. The Bertz CT molecular complexity index is 719. The molecular formula is C17H15N3O2S. The summed E-state index contributed by atoms with van der Waals surface area (Å²) in [5, 5.41) is 12.6. The average Bonchev–Trinajstić information content (AvgIpc) is 2.61. The molecule has 23 heavy (non-hydrogen) atoms. The van der Waals surface area contributed by atoms with Gasteiger partial charge in [0.05, 0.1) is 36.4 Å². The number of methoxy groups -OCH3 is 1. The lowest BCUT2D eigenvalue weighted by Gasteiger charge is -2.02. The van der Waals surface area contributed by atoms with Crippen LogP contribution < -0.4 is 10.2 Å². The van der Waals surface area contributed by atoms with Crippen molar-refractivity contribution in [2.45, 2.75) is 4.90 Å². The molecule has 0 fully saturated rings. The van der Waals surface area contributed by atoms with E-state index in [4.69, 9.17) is 10.00 Å². The Morgan fingerprint density at radius 2 is 1.96 bits per heavy atom. The normalized spacial score (nSPS) is 10.3. The smallest absolute Gasteiger partial charge is 0.185 e. The zero-order valence-corrected chi connectivity index (χ0v) is 13.3. The highest BCUT2D eigenvalue weighted by atomic mass is 32.2. The number of thioether (sulfide) groups is 1. The molecule has 0 aliphatic rings. The van der Waals surface area contributed by atoms with E-state index < -0.39 is 0 Å². The highest BCUT2D eigenvalue weighted by molar-refractivity contribution is 8.00. The van der Waals surface area contributed by atoms with E-state index in [9.17, 15) is 4.79 Å². The standard InChI is InChI=1S/C17H15N3O2S/c1-22-16-6-4-14(5-7-16)20-19-11-15(21)12-23-17-8-2-13(10-18)3-9-17/h2-9,11,20H,12H2,1H3. The van der Waals surface area contributed by atoms with Crippen LogP contribution in [0.2, 0.25) is 0 Å². The van der Waals surface area contributed by atoms with Gasteiger partial charge in [-0.3, -0.25) is 10.2 Å². The van der Waals surface area contributed by atoms with Gasteiger partial charge in [-0.2, -0.15) is 10.4 Å². The minimum absolute atomic E-state index is 0.0969. The van der Waals surface area contributed by atoms with Gasteiger partial charge in [0.1, 0.15) is 5.75 Å². The first-order valence-corrected chi connectivity index (χ1v) is 7.79. The Kier molecular flexibility index (Phi) is 6.21. The van der Waals surface area contributed by atoms with Crippen molar-refractivity contribution in [2.24, 2.45) is 5.10 Å². The second-order valence-corrected chi connectivity index (χ2v) is 5.54. The van der Waals surface area contributed by atoms with Crippen LogP contribution in [0.1, 0.15) is 5.56 Å². The van der Waals surface area contributed by atoms with Crippen LogP contribution in [0.3, 0.4) is 0 Å². The number of nitrogens with zero attached hydrogens (tertiary/aromatic N) is 2. The number of hydrogen-bond donors (Lipinski definition) is 1. The number of nitriles is 1. The van der Waals surface area contributed by atoms with Gasteiger partial charge in [-0.05, 0) is 48.5 Å². The van der Waals surface area contributed by atoms with Crippen molar-refractivity contribution < 1.29 is 9.53 Å². The molecule has 0 unspecified atom stereocenters.